The number of hydrogen-bond donors (Lipinski definition) is 1. The maximum atomic E-state index is 13.2. The van der Waals surface area contributed by atoms with Gasteiger partial charge in [-0.25, -0.2) is 0 Å². The molecule has 1 aliphatic rings. The van der Waals surface area contributed by atoms with E-state index in [2.05, 4.69) is 13.5 Å². The smallest absolute Gasteiger partial charge is 0.296 e. The molecule has 4 rings (SSSR count). The quantitative estimate of drug-likeness (QED) is 0.124. The molecule has 0 saturated carbocycles. The first kappa shape index (κ1) is 24.9. The summed E-state index contributed by atoms with van der Waals surface area (Å²) >= 11 is 0. The van der Waals surface area contributed by atoms with Crippen LogP contribution < -0.4 is 9.47 Å². The molecule has 1 fully saturated rings. The third-order valence-corrected chi connectivity index (χ3v) is 5.88. The number of furan rings is 1. The third kappa shape index (κ3) is 5.35. The van der Waals surface area contributed by atoms with E-state index in [4.69, 9.17) is 13.9 Å². The molecule has 36 heavy (non-hydrogen) atoms. The van der Waals surface area contributed by atoms with Gasteiger partial charge in [-0.3, -0.25) is 9.59 Å². The fourth-order valence-corrected chi connectivity index (χ4v) is 4.08. The van der Waals surface area contributed by atoms with E-state index in [0.29, 0.717) is 41.6 Å². The summed E-state index contributed by atoms with van der Waals surface area (Å²) in [4.78, 5) is 27.8. The molecule has 1 aromatic heterocycles. The molecule has 2 heterocycles. The van der Waals surface area contributed by atoms with Gasteiger partial charge >= 0.3 is 0 Å². The van der Waals surface area contributed by atoms with Crippen LogP contribution in [0, 0.1) is 0 Å². The number of ketones is 1. The Morgan fingerprint density at radius 1 is 1.08 bits per heavy atom. The molecule has 0 radical (unpaired) electrons. The SMILES string of the molecule is C=CCOc1ccc(C2/C(=C(\O)c3cccc(OCCCC)c3)C(=O)C(=O)N2Cc2ccco2)cc1. The lowest BCUT2D eigenvalue weighted by Gasteiger charge is -2.24. The van der Waals surface area contributed by atoms with E-state index in [0.717, 1.165) is 12.8 Å². The van der Waals surface area contributed by atoms with Crippen LogP contribution in [0.25, 0.3) is 5.76 Å². The first-order valence-corrected chi connectivity index (χ1v) is 11.9. The Morgan fingerprint density at radius 3 is 2.58 bits per heavy atom. The first-order chi connectivity index (χ1) is 17.5. The van der Waals surface area contributed by atoms with Crippen molar-refractivity contribution in [3.05, 3.63) is 102 Å². The van der Waals surface area contributed by atoms with Crippen molar-refractivity contribution in [1.82, 2.24) is 4.90 Å². The molecule has 7 nitrogen and oxygen atoms in total. The lowest BCUT2D eigenvalue weighted by Crippen LogP contribution is -2.29. The van der Waals surface area contributed by atoms with Gasteiger partial charge in [-0.15, -0.1) is 0 Å². The van der Waals surface area contributed by atoms with Crippen molar-refractivity contribution >= 4 is 17.4 Å². The van der Waals surface area contributed by atoms with Crippen molar-refractivity contribution < 1.29 is 28.6 Å². The number of aliphatic hydroxyl groups excluding tert-OH is 1. The van der Waals surface area contributed by atoms with Gasteiger partial charge in [-0.1, -0.05) is 50.3 Å². The number of carbonyl (C=O) groups is 2. The maximum absolute atomic E-state index is 13.2. The van der Waals surface area contributed by atoms with Crippen LogP contribution in [0.2, 0.25) is 0 Å². The number of nitrogens with zero attached hydrogens (tertiary/aromatic N) is 1. The predicted molar refractivity (Wildman–Crippen MR) is 136 cm³/mol. The van der Waals surface area contributed by atoms with Gasteiger partial charge in [0.15, 0.2) is 0 Å². The highest BCUT2D eigenvalue weighted by Gasteiger charge is 2.46. The van der Waals surface area contributed by atoms with E-state index in [9.17, 15) is 14.7 Å². The minimum Gasteiger partial charge on any atom is -0.507 e. The Morgan fingerprint density at radius 2 is 1.89 bits per heavy atom. The van der Waals surface area contributed by atoms with Crippen LogP contribution in [0.1, 0.15) is 42.7 Å². The van der Waals surface area contributed by atoms with E-state index in [-0.39, 0.29) is 17.9 Å². The van der Waals surface area contributed by atoms with Crippen LogP contribution in [0.15, 0.2) is 89.6 Å². The summed E-state index contributed by atoms with van der Waals surface area (Å²) in [6.07, 6.45) is 5.06. The molecule has 2 aromatic carbocycles. The standard InChI is InChI=1S/C29H29NO6/c1-3-5-16-35-23-9-6-8-21(18-23)27(31)25-26(20-11-13-22(14-12-20)34-15-4-2)30(29(33)28(25)32)19-24-10-7-17-36-24/h4,6-14,17-18,26,31H,2-3,5,15-16,19H2,1H3/b27-25+. The van der Waals surface area contributed by atoms with Crippen LogP contribution in [-0.2, 0) is 16.1 Å². The molecule has 1 unspecified atom stereocenters. The normalized spacial score (nSPS) is 16.8. The summed E-state index contributed by atoms with van der Waals surface area (Å²) in [6.45, 7) is 6.70. The average Bonchev–Trinajstić information content (AvgIpc) is 3.50. The summed E-state index contributed by atoms with van der Waals surface area (Å²) in [7, 11) is 0. The molecule has 1 saturated heterocycles. The summed E-state index contributed by atoms with van der Waals surface area (Å²) in [6, 6.07) is 16.6. The average molecular weight is 488 g/mol. The topological polar surface area (TPSA) is 89.2 Å². The van der Waals surface area contributed by atoms with E-state index in [1.807, 2.05) is 0 Å². The second kappa shape index (κ2) is 11.4. The van der Waals surface area contributed by atoms with E-state index >= 15 is 0 Å². The van der Waals surface area contributed by atoms with Gasteiger partial charge in [0.05, 0.1) is 31.0 Å². The van der Waals surface area contributed by atoms with Gasteiger partial charge < -0.3 is 23.9 Å². The molecule has 186 valence electrons. The Bertz CT molecular complexity index is 1240. The van der Waals surface area contributed by atoms with Crippen molar-refractivity contribution in [3.8, 4) is 11.5 Å². The largest absolute Gasteiger partial charge is 0.507 e. The van der Waals surface area contributed by atoms with Gasteiger partial charge in [-0.05, 0) is 48.4 Å². The summed E-state index contributed by atoms with van der Waals surface area (Å²) in [5.74, 6) is 0.0112. The molecule has 3 aromatic rings. The highest BCUT2D eigenvalue weighted by molar-refractivity contribution is 6.46. The van der Waals surface area contributed by atoms with Crippen molar-refractivity contribution in [2.75, 3.05) is 13.2 Å². The lowest BCUT2D eigenvalue weighted by atomic mass is 9.95. The zero-order valence-electron chi connectivity index (χ0n) is 20.2. The monoisotopic (exact) mass is 487 g/mol. The number of carbonyl (C=O) groups excluding carboxylic acids is 2. The van der Waals surface area contributed by atoms with Crippen LogP contribution in [0.5, 0.6) is 11.5 Å². The maximum Gasteiger partial charge on any atom is 0.296 e. The second-order valence-corrected chi connectivity index (χ2v) is 8.40. The van der Waals surface area contributed by atoms with Gasteiger partial charge in [0.1, 0.15) is 29.6 Å². The van der Waals surface area contributed by atoms with Crippen molar-refractivity contribution in [2.24, 2.45) is 0 Å². The molecule has 0 aliphatic carbocycles. The van der Waals surface area contributed by atoms with Gasteiger partial charge in [0.2, 0.25) is 0 Å². The molecule has 1 amide bonds. The zero-order valence-corrected chi connectivity index (χ0v) is 20.2. The molecule has 1 N–H and O–H groups in total. The van der Waals surface area contributed by atoms with E-state index in [1.54, 1.807) is 66.7 Å². The summed E-state index contributed by atoms with van der Waals surface area (Å²) in [5.41, 5.74) is 1.07. The highest BCUT2D eigenvalue weighted by Crippen LogP contribution is 2.41. The first-order valence-electron chi connectivity index (χ1n) is 11.9. The molecule has 7 heteroatoms. The highest BCUT2D eigenvalue weighted by atomic mass is 16.5. The second-order valence-electron chi connectivity index (χ2n) is 8.40. The number of amides is 1. The molecule has 1 aliphatic heterocycles. The fraction of sp³-hybridized carbons (Fsp3) is 0.241. The van der Waals surface area contributed by atoms with Crippen LogP contribution in [-0.4, -0.2) is 34.9 Å². The fourth-order valence-electron chi connectivity index (χ4n) is 4.08. The Hall–Kier alpha value is -4.26. The lowest BCUT2D eigenvalue weighted by molar-refractivity contribution is -0.140. The number of rotatable bonds is 11. The van der Waals surface area contributed by atoms with E-state index < -0.39 is 17.7 Å². The Labute approximate surface area is 210 Å². The number of aliphatic hydroxyl groups is 1. The van der Waals surface area contributed by atoms with Crippen LogP contribution in [0.4, 0.5) is 0 Å². The third-order valence-electron chi connectivity index (χ3n) is 5.88. The number of likely N-dealkylation sites (tertiary alicyclic amines) is 1. The minimum atomic E-state index is -0.812. The Balaban J connectivity index is 1.75. The predicted octanol–water partition coefficient (Wildman–Crippen LogP) is 5.65. The van der Waals surface area contributed by atoms with Crippen molar-refractivity contribution in [2.45, 2.75) is 32.4 Å². The molecule has 0 bridgehead atoms. The summed E-state index contributed by atoms with van der Waals surface area (Å²) < 4.78 is 16.8. The molecular formula is C29H29NO6. The number of Topliss-reactive ketones (excluding diaryl/α,β-unsaturated/α-hetero) is 1. The number of unbranched alkanes of at least 4 members (excludes halogenated alkanes) is 1. The van der Waals surface area contributed by atoms with E-state index in [1.165, 1.54) is 11.2 Å². The van der Waals surface area contributed by atoms with Gasteiger partial charge in [0, 0.05) is 5.56 Å². The molecular weight excluding hydrogens is 458 g/mol. The molecule has 1 atom stereocenters. The van der Waals surface area contributed by atoms with Crippen LogP contribution >= 0.6 is 0 Å². The minimum absolute atomic E-state index is 0.0111. The number of hydrogen-bond acceptors (Lipinski definition) is 6. The van der Waals surface area contributed by atoms with Crippen LogP contribution in [0.3, 0.4) is 0 Å². The zero-order chi connectivity index (χ0) is 25.5. The number of benzene rings is 2. The van der Waals surface area contributed by atoms with Crippen molar-refractivity contribution in [3.63, 3.8) is 0 Å². The van der Waals surface area contributed by atoms with Crippen molar-refractivity contribution in [1.29, 1.82) is 0 Å². The van der Waals surface area contributed by atoms with Gasteiger partial charge in [0.25, 0.3) is 11.7 Å². The van der Waals surface area contributed by atoms with Gasteiger partial charge in [-0.2, -0.15) is 0 Å². The summed E-state index contributed by atoms with van der Waals surface area (Å²) in [5, 5.41) is 11.3. The number of ether oxygens (including phenoxy) is 2. The molecule has 0 spiro atoms. The Kier molecular flexibility index (Phi) is 7.90.